The minimum atomic E-state index is -1.000. The van der Waals surface area contributed by atoms with E-state index in [1.54, 1.807) is 6.92 Å². The lowest BCUT2D eigenvalue weighted by molar-refractivity contribution is -0.0375. The second-order valence-electron chi connectivity index (χ2n) is 6.12. The Kier molecular flexibility index (Phi) is 3.90. The van der Waals surface area contributed by atoms with Crippen LogP contribution in [0.15, 0.2) is 24.3 Å². The van der Waals surface area contributed by atoms with Crippen molar-refractivity contribution in [2.45, 2.75) is 45.1 Å². The van der Waals surface area contributed by atoms with Crippen molar-refractivity contribution in [3.05, 3.63) is 34.9 Å². The van der Waals surface area contributed by atoms with E-state index in [1.165, 1.54) is 0 Å². The molecule has 1 aromatic carbocycles. The van der Waals surface area contributed by atoms with Crippen molar-refractivity contribution in [2.24, 2.45) is 11.3 Å². The highest BCUT2D eigenvalue weighted by Gasteiger charge is 2.51. The molecule has 1 N–H and O–H groups in total. The van der Waals surface area contributed by atoms with Crippen molar-refractivity contribution < 1.29 is 5.11 Å². The van der Waals surface area contributed by atoms with Gasteiger partial charge in [-0.15, -0.1) is 0 Å². The third-order valence-corrected chi connectivity index (χ3v) is 4.72. The van der Waals surface area contributed by atoms with Gasteiger partial charge >= 0.3 is 0 Å². The van der Waals surface area contributed by atoms with Crippen LogP contribution in [0.4, 0.5) is 0 Å². The topological polar surface area (TPSA) is 44.0 Å². The van der Waals surface area contributed by atoms with Crippen LogP contribution in [0.1, 0.15) is 38.7 Å². The Balaban J connectivity index is 2.22. The summed E-state index contributed by atoms with van der Waals surface area (Å²) < 4.78 is 0. The minimum absolute atomic E-state index is 0.491. The lowest BCUT2D eigenvalue weighted by atomic mass is 9.69. The third kappa shape index (κ3) is 2.78. The Morgan fingerprint density at radius 1 is 1.47 bits per heavy atom. The van der Waals surface area contributed by atoms with Crippen LogP contribution in [0.25, 0.3) is 0 Å². The van der Waals surface area contributed by atoms with Crippen LogP contribution >= 0.6 is 11.6 Å². The average Bonchev–Trinajstić information content (AvgIpc) is 2.75. The second kappa shape index (κ2) is 5.15. The summed E-state index contributed by atoms with van der Waals surface area (Å²) in [5.74, 6) is 0.511. The molecule has 0 heterocycles. The fourth-order valence-electron chi connectivity index (χ4n) is 3.17. The van der Waals surface area contributed by atoms with Crippen LogP contribution in [0.2, 0.25) is 5.02 Å². The Bertz CT molecular complexity index is 488. The number of benzene rings is 1. The maximum Gasteiger partial charge on any atom is 0.0863 e. The molecule has 2 nitrogen and oxygen atoms in total. The van der Waals surface area contributed by atoms with E-state index in [0.717, 1.165) is 24.8 Å². The van der Waals surface area contributed by atoms with Crippen molar-refractivity contribution in [1.82, 2.24) is 0 Å². The molecule has 0 amide bonds. The molecule has 3 unspecified atom stereocenters. The first-order valence-corrected chi connectivity index (χ1v) is 7.14. The number of hydrogen-bond acceptors (Lipinski definition) is 2. The van der Waals surface area contributed by atoms with Crippen molar-refractivity contribution >= 4 is 11.6 Å². The molecule has 0 aliphatic heterocycles. The van der Waals surface area contributed by atoms with Gasteiger partial charge in [0.05, 0.1) is 17.1 Å². The molecule has 1 aliphatic rings. The fraction of sp³-hybridized carbons (Fsp3) is 0.562. The summed E-state index contributed by atoms with van der Waals surface area (Å²) in [5.41, 5.74) is -0.601. The summed E-state index contributed by atoms with van der Waals surface area (Å²) in [6.07, 6.45) is 3.07. The number of nitriles is 1. The van der Waals surface area contributed by atoms with Gasteiger partial charge in [0.1, 0.15) is 0 Å². The predicted molar refractivity (Wildman–Crippen MR) is 76.8 cm³/mol. The maximum absolute atomic E-state index is 10.8. The van der Waals surface area contributed by atoms with E-state index in [4.69, 9.17) is 11.6 Å². The zero-order chi connectivity index (χ0) is 14.1. The molecule has 19 heavy (non-hydrogen) atoms. The van der Waals surface area contributed by atoms with E-state index < -0.39 is 11.0 Å². The molecule has 1 aliphatic carbocycles. The van der Waals surface area contributed by atoms with Crippen molar-refractivity contribution in [1.29, 1.82) is 5.26 Å². The standard InChI is InChI=1S/C16H20ClNO/c1-12-7-8-16(9-12,11-18)15(2,19)10-13-3-5-14(17)6-4-13/h3-6,12,19H,7-10H2,1-2H3. The Hall–Kier alpha value is -1.04. The van der Waals surface area contributed by atoms with Crippen LogP contribution in [-0.2, 0) is 6.42 Å². The first-order chi connectivity index (χ1) is 8.88. The van der Waals surface area contributed by atoms with Crippen LogP contribution in [0, 0.1) is 22.7 Å². The first-order valence-electron chi connectivity index (χ1n) is 6.77. The molecular formula is C16H20ClNO. The van der Waals surface area contributed by atoms with Gasteiger partial charge in [-0.2, -0.15) is 5.26 Å². The highest BCUT2D eigenvalue weighted by molar-refractivity contribution is 6.30. The van der Waals surface area contributed by atoms with E-state index >= 15 is 0 Å². The van der Waals surface area contributed by atoms with E-state index in [0.29, 0.717) is 17.4 Å². The zero-order valence-electron chi connectivity index (χ0n) is 11.5. The number of nitrogens with zero attached hydrogens (tertiary/aromatic N) is 1. The summed E-state index contributed by atoms with van der Waals surface area (Å²) in [6.45, 7) is 3.94. The lowest BCUT2D eigenvalue weighted by Gasteiger charge is -2.37. The van der Waals surface area contributed by atoms with E-state index in [1.807, 2.05) is 24.3 Å². The van der Waals surface area contributed by atoms with Gasteiger partial charge in [-0.25, -0.2) is 0 Å². The second-order valence-corrected chi connectivity index (χ2v) is 6.56. The van der Waals surface area contributed by atoms with Gasteiger partial charge in [-0.3, -0.25) is 0 Å². The SMILES string of the molecule is CC1CCC(C#N)(C(C)(O)Cc2ccc(Cl)cc2)C1. The molecule has 0 spiro atoms. The Labute approximate surface area is 120 Å². The van der Waals surface area contributed by atoms with Gasteiger partial charge < -0.3 is 5.11 Å². The fourth-order valence-corrected chi connectivity index (χ4v) is 3.30. The molecule has 0 radical (unpaired) electrons. The number of halogens is 1. The first kappa shape index (κ1) is 14.4. The molecule has 1 saturated carbocycles. The van der Waals surface area contributed by atoms with Gasteiger partial charge in [-0.1, -0.05) is 30.7 Å². The minimum Gasteiger partial charge on any atom is -0.388 e. The van der Waals surface area contributed by atoms with Gasteiger partial charge in [0, 0.05) is 11.4 Å². The maximum atomic E-state index is 10.8. The normalized spacial score (nSPS) is 29.7. The molecule has 3 atom stereocenters. The van der Waals surface area contributed by atoms with Crippen LogP contribution in [0.3, 0.4) is 0 Å². The van der Waals surface area contributed by atoms with Crippen LogP contribution in [-0.4, -0.2) is 10.7 Å². The molecule has 102 valence electrons. The van der Waals surface area contributed by atoms with E-state index in [-0.39, 0.29) is 0 Å². The number of hydrogen-bond donors (Lipinski definition) is 1. The Morgan fingerprint density at radius 3 is 2.58 bits per heavy atom. The quantitative estimate of drug-likeness (QED) is 0.909. The van der Waals surface area contributed by atoms with E-state index in [9.17, 15) is 10.4 Å². The summed E-state index contributed by atoms with van der Waals surface area (Å²) in [5, 5.41) is 21.1. The Morgan fingerprint density at radius 2 is 2.11 bits per heavy atom. The van der Waals surface area contributed by atoms with Crippen molar-refractivity contribution in [3.8, 4) is 6.07 Å². The summed E-state index contributed by atoms with van der Waals surface area (Å²) in [4.78, 5) is 0. The van der Waals surface area contributed by atoms with Crippen molar-refractivity contribution in [2.75, 3.05) is 0 Å². The summed E-state index contributed by atoms with van der Waals surface area (Å²) in [6, 6.07) is 9.88. The van der Waals surface area contributed by atoms with Gasteiger partial charge in [0.15, 0.2) is 0 Å². The molecule has 0 saturated heterocycles. The predicted octanol–water partition coefficient (Wildman–Crippen LogP) is 3.96. The molecule has 1 fully saturated rings. The monoisotopic (exact) mass is 277 g/mol. The molecule has 2 rings (SSSR count). The molecule has 0 bridgehead atoms. The molecule has 3 heteroatoms. The summed E-state index contributed by atoms with van der Waals surface area (Å²) >= 11 is 5.87. The van der Waals surface area contributed by atoms with Crippen molar-refractivity contribution in [3.63, 3.8) is 0 Å². The molecular weight excluding hydrogens is 258 g/mol. The number of rotatable bonds is 3. The zero-order valence-corrected chi connectivity index (χ0v) is 12.2. The van der Waals surface area contributed by atoms with E-state index in [2.05, 4.69) is 13.0 Å². The van der Waals surface area contributed by atoms with Gasteiger partial charge in [0.2, 0.25) is 0 Å². The summed E-state index contributed by atoms with van der Waals surface area (Å²) in [7, 11) is 0. The highest BCUT2D eigenvalue weighted by atomic mass is 35.5. The average molecular weight is 278 g/mol. The molecule has 1 aromatic rings. The van der Waals surface area contributed by atoms with Gasteiger partial charge in [0.25, 0.3) is 0 Å². The third-order valence-electron chi connectivity index (χ3n) is 4.47. The smallest absolute Gasteiger partial charge is 0.0863 e. The van der Waals surface area contributed by atoms with Crippen LogP contribution in [0.5, 0.6) is 0 Å². The van der Waals surface area contributed by atoms with Crippen LogP contribution < -0.4 is 0 Å². The van der Waals surface area contributed by atoms with Gasteiger partial charge in [-0.05, 0) is 49.8 Å². The largest absolute Gasteiger partial charge is 0.388 e. The number of aliphatic hydroxyl groups is 1. The highest BCUT2D eigenvalue weighted by Crippen LogP contribution is 2.49. The lowest BCUT2D eigenvalue weighted by Crippen LogP contribution is -2.45. The molecule has 0 aromatic heterocycles.